The molecule has 2 heteroatoms. The van der Waals surface area contributed by atoms with Gasteiger partial charge in [0.2, 0.25) is 0 Å². The fourth-order valence-corrected chi connectivity index (χ4v) is 1.02. The van der Waals surface area contributed by atoms with E-state index in [1.807, 2.05) is 24.3 Å². The highest BCUT2D eigenvalue weighted by Gasteiger charge is 1.95. The molecule has 0 unspecified atom stereocenters. The van der Waals surface area contributed by atoms with Gasteiger partial charge in [-0.25, -0.2) is 0 Å². The average molecular weight is 166 g/mol. The number of rotatable bonds is 2. The third kappa shape index (κ3) is 2.09. The van der Waals surface area contributed by atoms with Gasteiger partial charge in [-0.1, -0.05) is 12.6 Å². The molecule has 0 saturated heterocycles. The van der Waals surface area contributed by atoms with Gasteiger partial charge < -0.3 is 4.90 Å². The zero-order chi connectivity index (χ0) is 8.27. The van der Waals surface area contributed by atoms with Gasteiger partial charge in [0, 0.05) is 24.2 Å². The normalized spacial score (nSPS) is 9.64. The number of hydrogen-bond acceptors (Lipinski definition) is 1. The SMILES string of the molecule is CCN(C)c1ccc([S])cc1. The minimum absolute atomic E-state index is 0.901. The summed E-state index contributed by atoms with van der Waals surface area (Å²) in [4.78, 5) is 3.08. The highest BCUT2D eigenvalue weighted by molar-refractivity contribution is 7.80. The standard InChI is InChI=1S/C9H12NS/c1-3-10(2)8-4-6-9(11)7-5-8/h4-7H,3H2,1-2H3. The smallest absolute Gasteiger partial charge is 0.0378 e. The summed E-state index contributed by atoms with van der Waals surface area (Å²) in [6.45, 7) is 3.15. The van der Waals surface area contributed by atoms with Gasteiger partial charge in [0.25, 0.3) is 0 Å². The molecule has 1 rings (SSSR count). The van der Waals surface area contributed by atoms with Crippen LogP contribution in [0.1, 0.15) is 6.92 Å². The van der Waals surface area contributed by atoms with E-state index in [0.29, 0.717) is 0 Å². The largest absolute Gasteiger partial charge is 0.375 e. The van der Waals surface area contributed by atoms with E-state index in [4.69, 9.17) is 12.6 Å². The third-order valence-electron chi connectivity index (χ3n) is 1.75. The second kappa shape index (κ2) is 3.58. The molecule has 0 atom stereocenters. The summed E-state index contributed by atoms with van der Waals surface area (Å²) in [5, 5.41) is 0. The van der Waals surface area contributed by atoms with Crippen LogP contribution in [-0.2, 0) is 0 Å². The Hall–Kier alpha value is -0.760. The first-order valence-corrected chi connectivity index (χ1v) is 4.13. The van der Waals surface area contributed by atoms with Crippen molar-refractivity contribution in [3.05, 3.63) is 24.3 Å². The summed E-state index contributed by atoms with van der Waals surface area (Å²) < 4.78 is 0. The lowest BCUT2D eigenvalue weighted by Crippen LogP contribution is -2.15. The van der Waals surface area contributed by atoms with Crippen molar-refractivity contribution in [3.63, 3.8) is 0 Å². The van der Waals surface area contributed by atoms with Gasteiger partial charge in [-0.2, -0.15) is 0 Å². The second-order valence-corrected chi connectivity index (χ2v) is 2.98. The van der Waals surface area contributed by atoms with Crippen molar-refractivity contribution in [2.24, 2.45) is 0 Å². The van der Waals surface area contributed by atoms with Crippen molar-refractivity contribution in [2.75, 3.05) is 18.5 Å². The molecule has 0 aliphatic heterocycles. The number of benzene rings is 1. The molecule has 0 spiro atoms. The highest BCUT2D eigenvalue weighted by Crippen LogP contribution is 2.14. The Morgan fingerprint density at radius 2 is 1.82 bits per heavy atom. The van der Waals surface area contributed by atoms with Crippen molar-refractivity contribution in [3.8, 4) is 0 Å². The predicted octanol–water partition coefficient (Wildman–Crippen LogP) is 2.70. The fourth-order valence-electron chi connectivity index (χ4n) is 0.883. The Morgan fingerprint density at radius 3 is 2.27 bits per heavy atom. The van der Waals surface area contributed by atoms with Crippen molar-refractivity contribution in [2.45, 2.75) is 11.8 Å². The maximum absolute atomic E-state index is 4.98. The lowest BCUT2D eigenvalue weighted by Gasteiger charge is -2.16. The molecule has 1 aromatic carbocycles. The lowest BCUT2D eigenvalue weighted by molar-refractivity contribution is 0.967. The Balaban J connectivity index is 2.81. The van der Waals surface area contributed by atoms with Crippen LogP contribution in [0.4, 0.5) is 5.69 Å². The van der Waals surface area contributed by atoms with Gasteiger partial charge in [-0.3, -0.25) is 0 Å². The van der Waals surface area contributed by atoms with E-state index in [-0.39, 0.29) is 0 Å². The van der Waals surface area contributed by atoms with Crippen LogP contribution in [0.2, 0.25) is 0 Å². The minimum Gasteiger partial charge on any atom is -0.375 e. The maximum Gasteiger partial charge on any atom is 0.0378 e. The zero-order valence-electron chi connectivity index (χ0n) is 6.87. The van der Waals surface area contributed by atoms with Gasteiger partial charge in [-0.05, 0) is 31.2 Å². The summed E-state index contributed by atoms with van der Waals surface area (Å²) in [5.74, 6) is 0. The molecule has 0 heterocycles. The van der Waals surface area contributed by atoms with E-state index in [1.165, 1.54) is 5.69 Å². The van der Waals surface area contributed by atoms with E-state index in [1.54, 1.807) is 0 Å². The third-order valence-corrected chi connectivity index (χ3v) is 2.02. The van der Waals surface area contributed by atoms with Crippen molar-refractivity contribution in [1.82, 2.24) is 0 Å². The summed E-state index contributed by atoms with van der Waals surface area (Å²) in [6.07, 6.45) is 0. The number of anilines is 1. The van der Waals surface area contributed by atoms with Crippen LogP contribution in [0.25, 0.3) is 0 Å². The highest BCUT2D eigenvalue weighted by atomic mass is 32.1. The first kappa shape index (κ1) is 8.34. The molecule has 0 aromatic heterocycles. The van der Waals surface area contributed by atoms with Gasteiger partial charge in [0.15, 0.2) is 0 Å². The molecule has 1 radical (unpaired) electrons. The van der Waals surface area contributed by atoms with Gasteiger partial charge in [-0.15, -0.1) is 0 Å². The zero-order valence-corrected chi connectivity index (χ0v) is 7.69. The Labute approximate surface area is 73.4 Å². The molecule has 0 N–H and O–H groups in total. The first-order chi connectivity index (χ1) is 5.24. The Morgan fingerprint density at radius 1 is 1.27 bits per heavy atom. The second-order valence-electron chi connectivity index (χ2n) is 2.51. The van der Waals surface area contributed by atoms with Crippen LogP contribution in [0.15, 0.2) is 29.2 Å². The molecule has 1 aromatic rings. The molecule has 0 aliphatic carbocycles. The molecule has 59 valence electrons. The van der Waals surface area contributed by atoms with Crippen molar-refractivity contribution >= 4 is 18.3 Å². The molecule has 0 amide bonds. The summed E-state index contributed by atoms with van der Waals surface area (Å²) >= 11 is 4.98. The monoisotopic (exact) mass is 166 g/mol. The Kier molecular flexibility index (Phi) is 2.71. The van der Waals surface area contributed by atoms with Gasteiger partial charge >= 0.3 is 0 Å². The van der Waals surface area contributed by atoms with Crippen LogP contribution >= 0.6 is 12.6 Å². The molecule has 0 fully saturated rings. The first-order valence-electron chi connectivity index (χ1n) is 3.72. The Bertz CT molecular complexity index is 218. The maximum atomic E-state index is 4.98. The van der Waals surface area contributed by atoms with Crippen LogP contribution in [0, 0.1) is 0 Å². The summed E-state index contributed by atoms with van der Waals surface area (Å²) in [7, 11) is 2.07. The number of hydrogen-bond donors (Lipinski definition) is 0. The fraction of sp³-hybridized carbons (Fsp3) is 0.333. The quantitative estimate of drug-likeness (QED) is 0.653. The average Bonchev–Trinajstić information content (AvgIpc) is 2.05. The lowest BCUT2D eigenvalue weighted by atomic mass is 10.3. The predicted molar refractivity (Wildman–Crippen MR) is 51.2 cm³/mol. The minimum atomic E-state index is 0.901. The van der Waals surface area contributed by atoms with E-state index in [0.717, 1.165) is 11.4 Å². The van der Waals surface area contributed by atoms with E-state index in [9.17, 15) is 0 Å². The molecule has 11 heavy (non-hydrogen) atoms. The van der Waals surface area contributed by atoms with Crippen LogP contribution in [-0.4, -0.2) is 13.6 Å². The van der Waals surface area contributed by atoms with Crippen molar-refractivity contribution in [1.29, 1.82) is 0 Å². The molecular formula is C9H12NS. The van der Waals surface area contributed by atoms with Gasteiger partial charge in [0.05, 0.1) is 0 Å². The van der Waals surface area contributed by atoms with Crippen LogP contribution in [0.3, 0.4) is 0 Å². The van der Waals surface area contributed by atoms with Gasteiger partial charge in [0.1, 0.15) is 0 Å². The molecular weight excluding hydrogens is 154 g/mol. The molecule has 0 bridgehead atoms. The van der Waals surface area contributed by atoms with Crippen LogP contribution in [0.5, 0.6) is 0 Å². The molecule has 0 aliphatic rings. The summed E-state index contributed by atoms with van der Waals surface area (Å²) in [6, 6.07) is 8.01. The van der Waals surface area contributed by atoms with E-state index >= 15 is 0 Å². The van der Waals surface area contributed by atoms with Crippen molar-refractivity contribution < 1.29 is 0 Å². The van der Waals surface area contributed by atoms with E-state index in [2.05, 4.69) is 18.9 Å². The van der Waals surface area contributed by atoms with Crippen LogP contribution < -0.4 is 4.90 Å². The molecule has 0 saturated carbocycles. The summed E-state index contributed by atoms with van der Waals surface area (Å²) in [5.41, 5.74) is 1.22. The van der Waals surface area contributed by atoms with E-state index < -0.39 is 0 Å². The molecule has 1 nitrogen and oxygen atoms in total. The topological polar surface area (TPSA) is 3.24 Å². The number of nitrogens with zero attached hydrogens (tertiary/aromatic N) is 1.